The van der Waals surface area contributed by atoms with Crippen LogP contribution in [0.15, 0.2) is 10.7 Å². The first-order chi connectivity index (χ1) is 9.65. The first-order valence-corrected chi connectivity index (χ1v) is 7.52. The Balaban J connectivity index is 2.86. The number of ketones is 1. The van der Waals surface area contributed by atoms with Crippen LogP contribution in [-0.2, 0) is 19.1 Å². The second kappa shape index (κ2) is 7.06. The minimum absolute atomic E-state index is 0.156. The molecule has 1 rings (SSSR count). The molecule has 0 saturated carbocycles. The van der Waals surface area contributed by atoms with Crippen LogP contribution in [-0.4, -0.2) is 41.5 Å². The van der Waals surface area contributed by atoms with Gasteiger partial charge in [0.25, 0.3) is 0 Å². The fourth-order valence-electron chi connectivity index (χ4n) is 1.76. The summed E-state index contributed by atoms with van der Waals surface area (Å²) >= 11 is 3.11. The number of carbonyl (C=O) groups is 3. The third-order valence-electron chi connectivity index (χ3n) is 2.68. The lowest BCUT2D eigenvalue weighted by atomic mass is 10.0. The Morgan fingerprint density at radius 3 is 2.57 bits per heavy atom. The highest BCUT2D eigenvalue weighted by Gasteiger charge is 2.34. The van der Waals surface area contributed by atoms with E-state index in [1.54, 1.807) is 27.7 Å². The Kier molecular flexibility index (Phi) is 5.95. The molecule has 21 heavy (non-hydrogen) atoms. The number of hydrogen-bond donors (Lipinski definition) is 0. The van der Waals surface area contributed by atoms with Crippen LogP contribution in [0.4, 0.5) is 4.79 Å². The smallest absolute Gasteiger partial charge is 0.414 e. The van der Waals surface area contributed by atoms with Crippen molar-refractivity contribution in [1.29, 1.82) is 0 Å². The molecular weight excluding hydrogens is 342 g/mol. The van der Waals surface area contributed by atoms with Gasteiger partial charge in [-0.15, -0.1) is 0 Å². The minimum atomic E-state index is -0.900. The molecule has 1 unspecified atom stereocenters. The molecule has 1 aliphatic rings. The maximum atomic E-state index is 12.1. The van der Waals surface area contributed by atoms with Gasteiger partial charge in [-0.1, -0.05) is 0 Å². The molecule has 0 fully saturated rings. The first kappa shape index (κ1) is 17.7. The number of rotatable bonds is 2. The zero-order chi connectivity index (χ0) is 16.2. The molecule has 1 amide bonds. The van der Waals surface area contributed by atoms with Crippen molar-refractivity contribution in [3.05, 3.63) is 10.7 Å². The molecule has 1 aliphatic heterocycles. The summed E-state index contributed by atoms with van der Waals surface area (Å²) in [5.74, 6) is -1.86. The predicted molar refractivity (Wildman–Crippen MR) is 79.7 cm³/mol. The van der Waals surface area contributed by atoms with Crippen LogP contribution in [0.1, 0.15) is 34.1 Å². The molecule has 1 atom stereocenters. The lowest BCUT2D eigenvalue weighted by molar-refractivity contribution is -0.150. The number of amides is 1. The molecule has 0 aromatic heterocycles. The van der Waals surface area contributed by atoms with E-state index < -0.39 is 23.6 Å². The van der Waals surface area contributed by atoms with Crippen molar-refractivity contribution >= 4 is 33.8 Å². The summed E-state index contributed by atoms with van der Waals surface area (Å²) in [4.78, 5) is 37.2. The Morgan fingerprint density at radius 2 is 2.05 bits per heavy atom. The molecule has 0 saturated heterocycles. The highest BCUT2D eigenvalue weighted by atomic mass is 79.9. The Morgan fingerprint density at radius 1 is 1.43 bits per heavy atom. The number of halogens is 1. The van der Waals surface area contributed by atoms with Crippen LogP contribution in [0.2, 0.25) is 0 Å². The zero-order valence-electron chi connectivity index (χ0n) is 12.6. The van der Waals surface area contributed by atoms with Gasteiger partial charge in [0.15, 0.2) is 5.78 Å². The van der Waals surface area contributed by atoms with Gasteiger partial charge in [-0.25, -0.2) is 4.79 Å². The molecule has 7 heteroatoms. The minimum Gasteiger partial charge on any atom is -0.465 e. The average molecular weight is 362 g/mol. The van der Waals surface area contributed by atoms with E-state index in [2.05, 4.69) is 15.9 Å². The fraction of sp³-hybridized carbons (Fsp3) is 0.643. The van der Waals surface area contributed by atoms with Crippen molar-refractivity contribution in [3.63, 3.8) is 0 Å². The summed E-state index contributed by atoms with van der Waals surface area (Å²) in [6, 6.07) is 0. The molecule has 0 aliphatic carbocycles. The second-order valence-corrected chi connectivity index (χ2v) is 6.46. The average Bonchev–Trinajstić information content (AvgIpc) is 2.48. The predicted octanol–water partition coefficient (Wildman–Crippen LogP) is 2.61. The first-order valence-electron chi connectivity index (χ1n) is 6.73. The van der Waals surface area contributed by atoms with E-state index in [4.69, 9.17) is 9.47 Å². The number of Topliss-reactive ketones (excluding diaryl/α,β-unsaturated/α-hetero) is 1. The summed E-state index contributed by atoms with van der Waals surface area (Å²) in [5.41, 5.74) is -0.631. The van der Waals surface area contributed by atoms with Gasteiger partial charge in [-0.05, 0) is 50.0 Å². The number of allylic oxidation sites excluding steroid dienone is 1. The van der Waals surface area contributed by atoms with Crippen LogP contribution in [0.3, 0.4) is 0 Å². The topological polar surface area (TPSA) is 72.9 Å². The van der Waals surface area contributed by atoms with Gasteiger partial charge in [0.05, 0.1) is 11.1 Å². The number of ether oxygens (including phenoxy) is 2. The summed E-state index contributed by atoms with van der Waals surface area (Å²) in [6.45, 7) is 7.37. The van der Waals surface area contributed by atoms with Gasteiger partial charge in [0.1, 0.15) is 11.5 Å². The standard InChI is InChI=1S/C14H20BrNO5/c1-5-20-12(18)9-6-7-16(8-10(15)11(9)17)13(19)21-14(2,3)4/h8-9H,5-7H2,1-4H3. The highest BCUT2D eigenvalue weighted by molar-refractivity contribution is 9.12. The van der Waals surface area contributed by atoms with Gasteiger partial charge in [-0.2, -0.15) is 0 Å². The number of hydrogen-bond acceptors (Lipinski definition) is 5. The van der Waals surface area contributed by atoms with Crippen molar-refractivity contribution < 1.29 is 23.9 Å². The van der Waals surface area contributed by atoms with E-state index in [1.165, 1.54) is 11.1 Å². The largest absolute Gasteiger partial charge is 0.465 e. The molecule has 0 radical (unpaired) electrons. The molecule has 0 aromatic carbocycles. The van der Waals surface area contributed by atoms with Gasteiger partial charge in [0.2, 0.25) is 0 Å². The van der Waals surface area contributed by atoms with Crippen LogP contribution >= 0.6 is 15.9 Å². The summed E-state index contributed by atoms with van der Waals surface area (Å²) in [6.07, 6.45) is 0.995. The maximum absolute atomic E-state index is 12.1. The summed E-state index contributed by atoms with van der Waals surface area (Å²) in [7, 11) is 0. The van der Waals surface area contributed by atoms with E-state index in [-0.39, 0.29) is 29.8 Å². The van der Waals surface area contributed by atoms with Gasteiger partial charge < -0.3 is 9.47 Å². The van der Waals surface area contributed by atoms with Crippen molar-refractivity contribution in [2.24, 2.45) is 5.92 Å². The number of nitrogens with zero attached hydrogens (tertiary/aromatic N) is 1. The molecule has 0 N–H and O–H groups in total. The summed E-state index contributed by atoms with van der Waals surface area (Å²) < 4.78 is 10.3. The lowest BCUT2D eigenvalue weighted by Crippen LogP contribution is -2.34. The third-order valence-corrected chi connectivity index (χ3v) is 3.27. The van der Waals surface area contributed by atoms with E-state index in [0.717, 1.165) is 0 Å². The Bertz CT molecular complexity index is 466. The van der Waals surface area contributed by atoms with Gasteiger partial charge in [0, 0.05) is 12.7 Å². The molecule has 6 nitrogen and oxygen atoms in total. The lowest BCUT2D eigenvalue weighted by Gasteiger charge is -2.24. The third kappa shape index (κ3) is 5.15. The molecule has 0 bridgehead atoms. The number of esters is 1. The molecule has 0 aromatic rings. The van der Waals surface area contributed by atoms with Gasteiger partial charge in [-0.3, -0.25) is 14.5 Å². The highest BCUT2D eigenvalue weighted by Crippen LogP contribution is 2.24. The molecule has 0 spiro atoms. The fourth-order valence-corrected chi connectivity index (χ4v) is 2.29. The molecular formula is C14H20BrNO5. The second-order valence-electron chi connectivity index (χ2n) is 5.61. The Labute approximate surface area is 132 Å². The Hall–Kier alpha value is -1.37. The van der Waals surface area contributed by atoms with E-state index in [0.29, 0.717) is 0 Å². The van der Waals surface area contributed by atoms with Crippen LogP contribution in [0.25, 0.3) is 0 Å². The van der Waals surface area contributed by atoms with Crippen molar-refractivity contribution in [1.82, 2.24) is 4.90 Å². The van der Waals surface area contributed by atoms with E-state index in [1.807, 2.05) is 0 Å². The van der Waals surface area contributed by atoms with Crippen molar-refractivity contribution in [3.8, 4) is 0 Å². The van der Waals surface area contributed by atoms with Crippen LogP contribution < -0.4 is 0 Å². The zero-order valence-corrected chi connectivity index (χ0v) is 14.2. The van der Waals surface area contributed by atoms with Crippen molar-refractivity contribution in [2.45, 2.75) is 39.7 Å². The SMILES string of the molecule is CCOC(=O)C1CCN(C(=O)OC(C)(C)C)C=C(Br)C1=O. The van der Waals surface area contributed by atoms with E-state index >= 15 is 0 Å². The number of carbonyl (C=O) groups excluding carboxylic acids is 3. The monoisotopic (exact) mass is 361 g/mol. The molecule has 1 heterocycles. The van der Waals surface area contributed by atoms with E-state index in [9.17, 15) is 14.4 Å². The quantitative estimate of drug-likeness (QED) is 0.558. The summed E-state index contributed by atoms with van der Waals surface area (Å²) in [5, 5.41) is 0. The van der Waals surface area contributed by atoms with Crippen LogP contribution in [0, 0.1) is 5.92 Å². The van der Waals surface area contributed by atoms with Crippen LogP contribution in [0.5, 0.6) is 0 Å². The van der Waals surface area contributed by atoms with Gasteiger partial charge >= 0.3 is 12.1 Å². The maximum Gasteiger partial charge on any atom is 0.414 e. The molecule has 118 valence electrons. The van der Waals surface area contributed by atoms with Crippen molar-refractivity contribution in [2.75, 3.05) is 13.2 Å². The normalized spacial score (nSPS) is 19.7.